The number of alkyl halides is 3. The number of hydrogen-bond acceptors (Lipinski definition) is 7. The summed E-state index contributed by atoms with van der Waals surface area (Å²) in [5.74, 6) is -2.03. The Morgan fingerprint density at radius 2 is 1.86 bits per heavy atom. The summed E-state index contributed by atoms with van der Waals surface area (Å²) >= 11 is 1.63. The summed E-state index contributed by atoms with van der Waals surface area (Å²) in [4.78, 5) is 25.6. The average Bonchev–Trinajstić information content (AvgIpc) is 3.40. The lowest BCUT2D eigenvalue weighted by molar-refractivity contribution is -0.192. The molecule has 0 unspecified atom stereocenters. The number of nitrogens with zero attached hydrogens (tertiary/aromatic N) is 4. The van der Waals surface area contributed by atoms with E-state index in [0.717, 1.165) is 62.0 Å². The summed E-state index contributed by atoms with van der Waals surface area (Å²) in [5.41, 5.74) is 0. The molecule has 4 heterocycles. The molecule has 3 saturated heterocycles. The lowest BCUT2D eigenvalue weighted by atomic mass is 9.92. The first-order chi connectivity index (χ1) is 13.6. The van der Waals surface area contributed by atoms with Crippen molar-refractivity contribution >= 4 is 28.3 Å². The molecular weight excluding hydrogens is 413 g/mol. The Hall–Kier alpha value is -1.95. The van der Waals surface area contributed by atoms with E-state index in [2.05, 4.69) is 15.1 Å². The average molecular weight is 436 g/mol. The summed E-state index contributed by atoms with van der Waals surface area (Å²) in [6.07, 6.45) is -0.903. The van der Waals surface area contributed by atoms with Crippen LogP contribution in [0.4, 0.5) is 18.3 Å². The van der Waals surface area contributed by atoms with E-state index in [0.29, 0.717) is 5.92 Å². The topological polar surface area (TPSA) is 95.9 Å². The third-order valence-electron chi connectivity index (χ3n) is 5.27. The Kier molecular flexibility index (Phi) is 6.62. The standard InChI is InChI=1S/C15H22N4O2S.C2HF3O2/c1-10-16-17-15(22-10)19-7-4-11-8-12(21-13(11)9-19)14(20)18-5-2-3-6-18;3-2(4,5)1(6)7/h11-13H,2-9H2,1H3;(H,6,7)/t11-,12-,13-;/m0./s1. The van der Waals surface area contributed by atoms with Gasteiger partial charge in [-0.2, -0.15) is 13.2 Å². The van der Waals surface area contributed by atoms with Crippen molar-refractivity contribution in [1.29, 1.82) is 0 Å². The van der Waals surface area contributed by atoms with Crippen LogP contribution in [0.1, 0.15) is 30.7 Å². The molecule has 0 radical (unpaired) electrons. The first kappa shape index (κ1) is 21.8. The lowest BCUT2D eigenvalue weighted by Crippen LogP contribution is -2.42. The van der Waals surface area contributed by atoms with Crippen LogP contribution in [-0.2, 0) is 14.3 Å². The summed E-state index contributed by atoms with van der Waals surface area (Å²) in [5, 5.41) is 17.4. The number of aryl methyl sites for hydroxylation is 1. The number of fused-ring (bicyclic) bond motifs is 1. The molecule has 1 aromatic rings. The molecule has 0 spiro atoms. The summed E-state index contributed by atoms with van der Waals surface area (Å²) in [6, 6.07) is 0. The zero-order chi connectivity index (χ0) is 21.2. The number of carboxylic acids is 1. The number of likely N-dealkylation sites (tertiary alicyclic amines) is 1. The first-order valence-electron chi connectivity index (χ1n) is 9.44. The van der Waals surface area contributed by atoms with Gasteiger partial charge in [0, 0.05) is 26.2 Å². The molecule has 3 aliphatic heterocycles. The number of carbonyl (C=O) groups excluding carboxylic acids is 1. The maximum absolute atomic E-state index is 12.5. The van der Waals surface area contributed by atoms with E-state index in [1.54, 1.807) is 11.3 Å². The van der Waals surface area contributed by atoms with Gasteiger partial charge < -0.3 is 19.6 Å². The number of carboxylic acid groups (broad SMARTS) is 1. The zero-order valence-corrected chi connectivity index (χ0v) is 16.7. The molecule has 4 rings (SSSR count). The molecule has 0 aromatic carbocycles. The van der Waals surface area contributed by atoms with E-state index in [4.69, 9.17) is 14.6 Å². The van der Waals surface area contributed by atoms with Crippen LogP contribution >= 0.6 is 11.3 Å². The summed E-state index contributed by atoms with van der Waals surface area (Å²) in [7, 11) is 0. The molecule has 1 amide bonds. The van der Waals surface area contributed by atoms with Crippen molar-refractivity contribution in [1.82, 2.24) is 15.1 Å². The molecule has 12 heteroatoms. The number of rotatable bonds is 2. The van der Waals surface area contributed by atoms with Crippen LogP contribution in [0.2, 0.25) is 0 Å². The van der Waals surface area contributed by atoms with Gasteiger partial charge in [-0.15, -0.1) is 10.2 Å². The van der Waals surface area contributed by atoms with E-state index in [-0.39, 0.29) is 18.1 Å². The van der Waals surface area contributed by atoms with Crippen LogP contribution in [0.25, 0.3) is 0 Å². The molecule has 0 saturated carbocycles. The quantitative estimate of drug-likeness (QED) is 0.758. The molecule has 8 nitrogen and oxygen atoms in total. The third kappa shape index (κ3) is 5.35. The fourth-order valence-corrected chi connectivity index (χ4v) is 4.54. The fraction of sp³-hybridized carbons (Fsp3) is 0.765. The fourth-order valence-electron chi connectivity index (χ4n) is 3.82. The van der Waals surface area contributed by atoms with Crippen molar-refractivity contribution < 1.29 is 32.6 Å². The van der Waals surface area contributed by atoms with Gasteiger partial charge in [-0.1, -0.05) is 11.3 Å². The monoisotopic (exact) mass is 436 g/mol. The normalized spacial score (nSPS) is 26.7. The predicted molar refractivity (Wildman–Crippen MR) is 97.7 cm³/mol. The second-order valence-corrected chi connectivity index (χ2v) is 8.49. The van der Waals surface area contributed by atoms with Crippen LogP contribution in [0.15, 0.2) is 0 Å². The number of aromatic nitrogens is 2. The van der Waals surface area contributed by atoms with Crippen LogP contribution in [-0.4, -0.2) is 76.6 Å². The zero-order valence-electron chi connectivity index (χ0n) is 15.9. The van der Waals surface area contributed by atoms with Gasteiger partial charge in [0.15, 0.2) is 0 Å². The number of aliphatic carboxylic acids is 1. The second kappa shape index (κ2) is 8.82. The molecule has 3 atom stereocenters. The number of amides is 1. The Bertz CT molecular complexity index is 739. The Morgan fingerprint density at radius 3 is 2.41 bits per heavy atom. The minimum atomic E-state index is -5.08. The number of piperidine rings is 1. The number of anilines is 1. The Labute approximate surface area is 169 Å². The van der Waals surface area contributed by atoms with E-state index in [1.807, 2.05) is 11.8 Å². The van der Waals surface area contributed by atoms with Crippen molar-refractivity contribution in [2.45, 2.75) is 51.0 Å². The van der Waals surface area contributed by atoms with E-state index < -0.39 is 12.1 Å². The van der Waals surface area contributed by atoms with Crippen LogP contribution < -0.4 is 4.90 Å². The molecule has 1 N–H and O–H groups in total. The van der Waals surface area contributed by atoms with Gasteiger partial charge in [0.05, 0.1) is 6.10 Å². The highest BCUT2D eigenvalue weighted by molar-refractivity contribution is 7.15. The molecule has 29 heavy (non-hydrogen) atoms. The highest BCUT2D eigenvalue weighted by atomic mass is 32.1. The molecule has 3 aliphatic rings. The highest BCUT2D eigenvalue weighted by Gasteiger charge is 2.43. The molecule has 3 fully saturated rings. The SMILES string of the molecule is Cc1nnc(N2CC[C@H]3C[C@@H](C(=O)N4CCCC4)O[C@H]3C2)s1.O=C(O)C(F)(F)F. The maximum atomic E-state index is 12.5. The second-order valence-electron chi connectivity index (χ2n) is 7.33. The van der Waals surface area contributed by atoms with Gasteiger partial charge in [0.2, 0.25) is 5.13 Å². The number of carbonyl (C=O) groups is 2. The number of halogens is 3. The van der Waals surface area contributed by atoms with Gasteiger partial charge >= 0.3 is 12.1 Å². The van der Waals surface area contributed by atoms with Crippen molar-refractivity contribution in [2.24, 2.45) is 5.92 Å². The maximum Gasteiger partial charge on any atom is 0.490 e. The van der Waals surface area contributed by atoms with Gasteiger partial charge in [-0.05, 0) is 38.5 Å². The van der Waals surface area contributed by atoms with Crippen molar-refractivity contribution in [2.75, 3.05) is 31.1 Å². The predicted octanol–water partition coefficient (Wildman–Crippen LogP) is 2.09. The summed E-state index contributed by atoms with van der Waals surface area (Å²) in [6.45, 7) is 5.62. The number of hydrogen-bond donors (Lipinski definition) is 1. The summed E-state index contributed by atoms with van der Waals surface area (Å²) < 4.78 is 37.9. The van der Waals surface area contributed by atoms with Crippen molar-refractivity contribution in [3.05, 3.63) is 5.01 Å². The molecule has 1 aromatic heterocycles. The van der Waals surface area contributed by atoms with Crippen LogP contribution in [0, 0.1) is 12.8 Å². The van der Waals surface area contributed by atoms with Gasteiger partial charge in [0.1, 0.15) is 11.1 Å². The Balaban J connectivity index is 0.000000298. The first-order valence-corrected chi connectivity index (χ1v) is 10.3. The molecular formula is C17H23F3N4O4S. The minimum Gasteiger partial charge on any atom is -0.475 e. The van der Waals surface area contributed by atoms with Gasteiger partial charge in [0.25, 0.3) is 5.91 Å². The number of ether oxygens (including phenoxy) is 1. The van der Waals surface area contributed by atoms with E-state index in [9.17, 15) is 18.0 Å². The lowest BCUT2D eigenvalue weighted by Gasteiger charge is -2.33. The molecule has 0 aliphatic carbocycles. The van der Waals surface area contributed by atoms with Crippen LogP contribution in [0.5, 0.6) is 0 Å². The van der Waals surface area contributed by atoms with Gasteiger partial charge in [-0.3, -0.25) is 4.79 Å². The van der Waals surface area contributed by atoms with Gasteiger partial charge in [-0.25, -0.2) is 4.79 Å². The molecule has 162 valence electrons. The van der Waals surface area contributed by atoms with Crippen molar-refractivity contribution in [3.8, 4) is 0 Å². The van der Waals surface area contributed by atoms with E-state index >= 15 is 0 Å². The van der Waals surface area contributed by atoms with E-state index in [1.165, 1.54) is 0 Å². The smallest absolute Gasteiger partial charge is 0.475 e. The minimum absolute atomic E-state index is 0.162. The van der Waals surface area contributed by atoms with Crippen molar-refractivity contribution in [3.63, 3.8) is 0 Å². The third-order valence-corrected chi connectivity index (χ3v) is 6.17. The van der Waals surface area contributed by atoms with Crippen LogP contribution in [0.3, 0.4) is 0 Å². The highest BCUT2D eigenvalue weighted by Crippen LogP contribution is 2.36. The molecule has 0 bridgehead atoms. The largest absolute Gasteiger partial charge is 0.490 e. The Morgan fingerprint density at radius 1 is 1.21 bits per heavy atom.